The monoisotopic (exact) mass is 266 g/mol. The van der Waals surface area contributed by atoms with E-state index in [1.165, 1.54) is 11.3 Å². The first kappa shape index (κ1) is 14.8. The minimum atomic E-state index is -0.0256. The van der Waals surface area contributed by atoms with Crippen molar-refractivity contribution in [3.8, 4) is 0 Å². The minimum absolute atomic E-state index is 0. The van der Waals surface area contributed by atoms with Gasteiger partial charge in [-0.15, -0.1) is 35.5 Å². The summed E-state index contributed by atoms with van der Waals surface area (Å²) in [5.74, 6) is -0.0256. The van der Waals surface area contributed by atoms with E-state index in [0.717, 1.165) is 9.77 Å². The van der Waals surface area contributed by atoms with Crippen LogP contribution in [0.4, 0.5) is 0 Å². The highest BCUT2D eigenvalue weighted by Gasteiger charge is 2.13. The Morgan fingerprint density at radius 1 is 1.73 bits per heavy atom. The molecule has 3 N–H and O–H groups in total. The number of thiophene rings is 1. The smallest absolute Gasteiger partial charge is 0.262 e. The van der Waals surface area contributed by atoms with Crippen LogP contribution in [0, 0.1) is 0 Å². The fourth-order valence-electron chi connectivity index (χ4n) is 0.972. The number of thioether (sulfide) groups is 1. The van der Waals surface area contributed by atoms with Crippen molar-refractivity contribution >= 4 is 41.4 Å². The summed E-state index contributed by atoms with van der Waals surface area (Å²) in [6.07, 6.45) is 1.96. The molecular weight excluding hydrogens is 252 g/mol. The van der Waals surface area contributed by atoms with Gasteiger partial charge in [-0.3, -0.25) is 4.79 Å². The second-order valence-corrected chi connectivity index (χ2v) is 4.69. The number of nitrogens with one attached hydrogen (secondary N) is 1. The summed E-state index contributed by atoms with van der Waals surface area (Å²) in [5.41, 5.74) is 5.43. The Kier molecular flexibility index (Phi) is 7.00. The van der Waals surface area contributed by atoms with E-state index < -0.39 is 0 Å². The van der Waals surface area contributed by atoms with Crippen LogP contribution in [0.15, 0.2) is 16.3 Å². The molecule has 0 saturated heterocycles. The van der Waals surface area contributed by atoms with Gasteiger partial charge in [0.15, 0.2) is 0 Å². The SMILES string of the molecule is CSc1ccsc1C(=O)N[C@H](C)CN.Cl. The Balaban J connectivity index is 0.00000196. The lowest BCUT2D eigenvalue weighted by molar-refractivity contribution is 0.0943. The number of halogens is 1. The number of rotatable bonds is 4. The van der Waals surface area contributed by atoms with Crippen LogP contribution in [0.25, 0.3) is 0 Å². The average molecular weight is 267 g/mol. The van der Waals surface area contributed by atoms with E-state index in [9.17, 15) is 4.79 Å². The van der Waals surface area contributed by atoms with Crippen molar-refractivity contribution in [3.05, 3.63) is 16.3 Å². The van der Waals surface area contributed by atoms with Crippen molar-refractivity contribution < 1.29 is 4.79 Å². The maximum atomic E-state index is 11.7. The van der Waals surface area contributed by atoms with Gasteiger partial charge < -0.3 is 11.1 Å². The molecule has 1 atom stereocenters. The highest BCUT2D eigenvalue weighted by molar-refractivity contribution is 7.98. The zero-order valence-electron chi connectivity index (χ0n) is 8.65. The lowest BCUT2D eigenvalue weighted by Gasteiger charge is -2.10. The summed E-state index contributed by atoms with van der Waals surface area (Å²) in [7, 11) is 0. The summed E-state index contributed by atoms with van der Waals surface area (Å²) in [4.78, 5) is 13.5. The highest BCUT2D eigenvalue weighted by Crippen LogP contribution is 2.25. The predicted molar refractivity (Wildman–Crippen MR) is 69.3 cm³/mol. The molecule has 1 aromatic heterocycles. The lowest BCUT2D eigenvalue weighted by Crippen LogP contribution is -2.37. The fraction of sp³-hybridized carbons (Fsp3) is 0.444. The van der Waals surface area contributed by atoms with E-state index in [0.29, 0.717) is 6.54 Å². The zero-order chi connectivity index (χ0) is 10.6. The van der Waals surface area contributed by atoms with Gasteiger partial charge in [-0.1, -0.05) is 0 Å². The molecule has 0 aromatic carbocycles. The second kappa shape index (κ2) is 7.11. The quantitative estimate of drug-likeness (QED) is 0.820. The summed E-state index contributed by atoms with van der Waals surface area (Å²) in [6.45, 7) is 2.36. The number of hydrogen-bond acceptors (Lipinski definition) is 4. The van der Waals surface area contributed by atoms with Gasteiger partial charge in [0.25, 0.3) is 5.91 Å². The van der Waals surface area contributed by atoms with Crippen LogP contribution in [0.3, 0.4) is 0 Å². The van der Waals surface area contributed by atoms with Crippen LogP contribution < -0.4 is 11.1 Å². The van der Waals surface area contributed by atoms with Gasteiger partial charge in [-0.2, -0.15) is 0 Å². The van der Waals surface area contributed by atoms with Gasteiger partial charge in [0.2, 0.25) is 0 Å². The molecule has 6 heteroatoms. The summed E-state index contributed by atoms with van der Waals surface area (Å²) in [6, 6.07) is 1.98. The Morgan fingerprint density at radius 3 is 2.93 bits per heavy atom. The molecule has 0 aliphatic carbocycles. The van der Waals surface area contributed by atoms with Crippen LogP contribution in [-0.2, 0) is 0 Å². The van der Waals surface area contributed by atoms with E-state index in [2.05, 4.69) is 5.32 Å². The maximum Gasteiger partial charge on any atom is 0.262 e. The predicted octanol–water partition coefficient (Wildman–Crippen LogP) is 1.97. The maximum absolute atomic E-state index is 11.7. The van der Waals surface area contributed by atoms with E-state index in [1.807, 2.05) is 24.6 Å². The van der Waals surface area contributed by atoms with E-state index in [4.69, 9.17) is 5.73 Å². The van der Waals surface area contributed by atoms with E-state index >= 15 is 0 Å². The van der Waals surface area contributed by atoms with Crippen molar-refractivity contribution in [2.75, 3.05) is 12.8 Å². The lowest BCUT2D eigenvalue weighted by atomic mass is 10.3. The van der Waals surface area contributed by atoms with Crippen molar-refractivity contribution in [2.24, 2.45) is 5.73 Å². The van der Waals surface area contributed by atoms with Crippen molar-refractivity contribution in [3.63, 3.8) is 0 Å². The number of carbonyl (C=O) groups excluding carboxylic acids is 1. The van der Waals surface area contributed by atoms with Gasteiger partial charge in [0, 0.05) is 17.5 Å². The Bertz CT molecular complexity index is 317. The van der Waals surface area contributed by atoms with Gasteiger partial charge >= 0.3 is 0 Å². The highest BCUT2D eigenvalue weighted by atomic mass is 35.5. The molecule has 3 nitrogen and oxygen atoms in total. The molecule has 1 amide bonds. The van der Waals surface area contributed by atoms with Crippen LogP contribution in [-0.4, -0.2) is 24.7 Å². The third kappa shape index (κ3) is 4.03. The van der Waals surface area contributed by atoms with Gasteiger partial charge in [0.1, 0.15) is 4.88 Å². The first-order valence-corrected chi connectivity index (χ1v) is 6.42. The summed E-state index contributed by atoms with van der Waals surface area (Å²) >= 11 is 3.04. The molecule has 0 fully saturated rings. The molecule has 0 aliphatic rings. The summed E-state index contributed by atoms with van der Waals surface area (Å²) < 4.78 is 0. The minimum Gasteiger partial charge on any atom is -0.348 e. The standard InChI is InChI=1S/C9H14N2OS2.ClH/c1-6(5-10)11-9(12)8-7(13-2)3-4-14-8;/h3-4,6H,5,10H2,1-2H3,(H,11,12);1H/t6-;/m1./s1. The second-order valence-electron chi connectivity index (χ2n) is 2.93. The van der Waals surface area contributed by atoms with Crippen molar-refractivity contribution in [2.45, 2.75) is 17.9 Å². The van der Waals surface area contributed by atoms with Gasteiger partial charge in [-0.25, -0.2) is 0 Å². The molecule has 86 valence electrons. The number of hydrogen-bond donors (Lipinski definition) is 2. The van der Waals surface area contributed by atoms with Gasteiger partial charge in [-0.05, 0) is 24.6 Å². The first-order valence-electron chi connectivity index (χ1n) is 4.31. The summed E-state index contributed by atoms with van der Waals surface area (Å²) in [5, 5.41) is 4.76. The number of amides is 1. The third-order valence-electron chi connectivity index (χ3n) is 1.79. The molecule has 0 spiro atoms. The van der Waals surface area contributed by atoms with Crippen molar-refractivity contribution in [1.29, 1.82) is 0 Å². The van der Waals surface area contributed by atoms with Crippen LogP contribution in [0.5, 0.6) is 0 Å². The fourth-order valence-corrected chi connectivity index (χ4v) is 2.63. The Labute approximate surface area is 104 Å². The number of nitrogens with two attached hydrogens (primary N) is 1. The molecular formula is C9H15ClN2OS2. The van der Waals surface area contributed by atoms with Crippen LogP contribution >= 0.6 is 35.5 Å². The largest absolute Gasteiger partial charge is 0.348 e. The third-order valence-corrected chi connectivity index (χ3v) is 3.61. The molecule has 0 radical (unpaired) electrons. The Hall–Kier alpha value is -0.230. The average Bonchev–Trinajstić information content (AvgIpc) is 2.65. The van der Waals surface area contributed by atoms with Gasteiger partial charge in [0.05, 0.1) is 0 Å². The first-order chi connectivity index (χ1) is 6.69. The number of carbonyl (C=O) groups is 1. The van der Waals surface area contributed by atoms with Crippen LogP contribution in [0.2, 0.25) is 0 Å². The molecule has 0 bridgehead atoms. The molecule has 0 aliphatic heterocycles. The molecule has 1 heterocycles. The zero-order valence-corrected chi connectivity index (χ0v) is 11.1. The van der Waals surface area contributed by atoms with E-state index in [-0.39, 0.29) is 24.4 Å². The molecule has 1 aromatic rings. The normalized spacial score (nSPS) is 11.7. The van der Waals surface area contributed by atoms with Crippen LogP contribution in [0.1, 0.15) is 16.6 Å². The molecule has 1 rings (SSSR count). The van der Waals surface area contributed by atoms with Crippen molar-refractivity contribution in [1.82, 2.24) is 5.32 Å². The molecule has 15 heavy (non-hydrogen) atoms. The topological polar surface area (TPSA) is 55.1 Å². The molecule has 0 unspecified atom stereocenters. The van der Waals surface area contributed by atoms with E-state index in [1.54, 1.807) is 11.8 Å². The Morgan fingerprint density at radius 2 is 2.40 bits per heavy atom. The molecule has 0 saturated carbocycles.